The minimum absolute atomic E-state index is 0.110. The van der Waals surface area contributed by atoms with E-state index in [2.05, 4.69) is 10.3 Å². The van der Waals surface area contributed by atoms with Crippen LogP contribution in [0.5, 0.6) is 5.75 Å². The minimum atomic E-state index is -3.71. The Bertz CT molecular complexity index is 1020. The average Bonchev–Trinajstić information content (AvgIpc) is 2.69. The summed E-state index contributed by atoms with van der Waals surface area (Å²) in [6.07, 6.45) is 1.24. The van der Waals surface area contributed by atoms with Gasteiger partial charge in [0, 0.05) is 18.0 Å². The molecule has 0 unspecified atom stereocenters. The molecule has 1 aromatic heterocycles. The minimum Gasteiger partial charge on any atom is -0.497 e. The summed E-state index contributed by atoms with van der Waals surface area (Å²) in [5.41, 5.74) is 0.815. The molecule has 0 saturated carbocycles. The van der Waals surface area contributed by atoms with Crippen LogP contribution in [-0.2, 0) is 9.84 Å². The van der Waals surface area contributed by atoms with Gasteiger partial charge in [0.1, 0.15) is 5.75 Å². The number of nitrogens with zero attached hydrogens (tertiary/aromatic N) is 1. The number of carbonyl (C=O) groups excluding carboxylic acids is 1. The molecule has 0 spiro atoms. The van der Waals surface area contributed by atoms with Crippen molar-refractivity contribution in [1.82, 2.24) is 4.98 Å². The normalized spacial score (nSPS) is 11.0. The van der Waals surface area contributed by atoms with E-state index in [9.17, 15) is 13.2 Å². The first-order valence-electron chi connectivity index (χ1n) is 7.72. The first kappa shape index (κ1) is 17.6. The number of methoxy groups -OCH3 is 1. The van der Waals surface area contributed by atoms with Crippen LogP contribution in [0.15, 0.2) is 82.8 Å². The van der Waals surface area contributed by atoms with Crippen LogP contribution in [0, 0.1) is 0 Å². The Balaban J connectivity index is 1.80. The first-order valence-corrected chi connectivity index (χ1v) is 9.20. The van der Waals surface area contributed by atoms with Crippen molar-refractivity contribution in [3.8, 4) is 5.75 Å². The van der Waals surface area contributed by atoms with E-state index in [0.717, 1.165) is 0 Å². The number of carbonyl (C=O) groups is 1. The third kappa shape index (κ3) is 3.73. The summed E-state index contributed by atoms with van der Waals surface area (Å²) in [5.74, 6) is 0.222. The molecule has 0 aliphatic rings. The standard InChI is InChI=1S/C19H16N2O4S/c1-25-16-7-5-6-15(12-16)21-19(22)14-10-11-18(20-13-14)26(23,24)17-8-3-2-4-9-17/h2-13H,1H3,(H,21,22). The van der Waals surface area contributed by atoms with E-state index in [1.807, 2.05) is 0 Å². The second kappa shape index (κ2) is 7.37. The maximum absolute atomic E-state index is 12.5. The van der Waals surface area contributed by atoms with Crippen molar-refractivity contribution < 1.29 is 17.9 Å². The number of nitrogens with one attached hydrogen (secondary N) is 1. The fraction of sp³-hybridized carbons (Fsp3) is 0.0526. The van der Waals surface area contributed by atoms with Crippen LogP contribution < -0.4 is 10.1 Å². The molecule has 0 atom stereocenters. The van der Waals surface area contributed by atoms with E-state index >= 15 is 0 Å². The molecule has 0 fully saturated rings. The van der Waals surface area contributed by atoms with Gasteiger partial charge >= 0.3 is 0 Å². The molecule has 1 N–H and O–H groups in total. The molecule has 3 rings (SSSR count). The Labute approximate surface area is 151 Å². The summed E-state index contributed by atoms with van der Waals surface area (Å²) in [6, 6.07) is 17.7. The highest BCUT2D eigenvalue weighted by Crippen LogP contribution is 2.20. The zero-order valence-electron chi connectivity index (χ0n) is 13.9. The molecule has 7 heteroatoms. The van der Waals surface area contributed by atoms with Crippen LogP contribution in [0.25, 0.3) is 0 Å². The number of rotatable bonds is 5. The topological polar surface area (TPSA) is 85.4 Å². The van der Waals surface area contributed by atoms with Crippen molar-refractivity contribution in [2.45, 2.75) is 9.92 Å². The van der Waals surface area contributed by atoms with E-state index in [1.165, 1.54) is 37.6 Å². The SMILES string of the molecule is COc1cccc(NC(=O)c2ccc(S(=O)(=O)c3ccccc3)nc2)c1. The number of ether oxygens (including phenoxy) is 1. The quantitative estimate of drug-likeness (QED) is 0.748. The monoisotopic (exact) mass is 368 g/mol. The Morgan fingerprint density at radius 1 is 1.00 bits per heavy atom. The lowest BCUT2D eigenvalue weighted by atomic mass is 10.2. The molecule has 1 heterocycles. The Morgan fingerprint density at radius 3 is 2.42 bits per heavy atom. The lowest BCUT2D eigenvalue weighted by Gasteiger charge is -2.08. The molecule has 0 aliphatic carbocycles. The number of pyridine rings is 1. The van der Waals surface area contributed by atoms with Crippen molar-refractivity contribution in [2.24, 2.45) is 0 Å². The van der Waals surface area contributed by atoms with Gasteiger partial charge in [0.05, 0.1) is 17.6 Å². The van der Waals surface area contributed by atoms with Gasteiger partial charge in [0.25, 0.3) is 5.91 Å². The maximum Gasteiger partial charge on any atom is 0.257 e. The van der Waals surface area contributed by atoms with Gasteiger partial charge < -0.3 is 10.1 Å². The third-order valence-electron chi connectivity index (χ3n) is 3.65. The van der Waals surface area contributed by atoms with Crippen LogP contribution in [0.2, 0.25) is 0 Å². The Hall–Kier alpha value is -3.19. The van der Waals surface area contributed by atoms with E-state index in [0.29, 0.717) is 11.4 Å². The summed E-state index contributed by atoms with van der Waals surface area (Å²) in [4.78, 5) is 16.4. The molecule has 0 aliphatic heterocycles. The smallest absolute Gasteiger partial charge is 0.257 e. The fourth-order valence-corrected chi connectivity index (χ4v) is 3.49. The molecule has 3 aromatic rings. The van der Waals surface area contributed by atoms with Crippen molar-refractivity contribution in [2.75, 3.05) is 12.4 Å². The van der Waals surface area contributed by atoms with Crippen molar-refractivity contribution in [1.29, 1.82) is 0 Å². The van der Waals surface area contributed by atoms with Crippen molar-refractivity contribution >= 4 is 21.4 Å². The highest BCUT2D eigenvalue weighted by Gasteiger charge is 2.19. The Morgan fingerprint density at radius 2 is 1.77 bits per heavy atom. The lowest BCUT2D eigenvalue weighted by molar-refractivity contribution is 0.102. The molecule has 26 heavy (non-hydrogen) atoms. The summed E-state index contributed by atoms with van der Waals surface area (Å²) in [6.45, 7) is 0. The Kier molecular flexibility index (Phi) is 4.99. The number of aromatic nitrogens is 1. The van der Waals surface area contributed by atoms with Crippen LogP contribution in [0.1, 0.15) is 10.4 Å². The van der Waals surface area contributed by atoms with Gasteiger partial charge in [-0.3, -0.25) is 4.79 Å². The first-order chi connectivity index (χ1) is 12.5. The van der Waals surface area contributed by atoms with E-state index < -0.39 is 15.7 Å². The summed E-state index contributed by atoms with van der Waals surface area (Å²) in [5, 5.41) is 2.60. The zero-order chi connectivity index (χ0) is 18.6. The van der Waals surface area contributed by atoms with Gasteiger partial charge in [0.15, 0.2) is 5.03 Å². The largest absolute Gasteiger partial charge is 0.497 e. The molecule has 1 amide bonds. The molecule has 2 aromatic carbocycles. The molecule has 0 saturated heterocycles. The van der Waals surface area contributed by atoms with Gasteiger partial charge in [-0.1, -0.05) is 24.3 Å². The number of sulfone groups is 1. The second-order valence-electron chi connectivity index (χ2n) is 5.39. The van der Waals surface area contributed by atoms with Crippen molar-refractivity contribution in [3.05, 3.63) is 78.5 Å². The molecule has 0 bridgehead atoms. The number of hydrogen-bond acceptors (Lipinski definition) is 5. The van der Waals surface area contributed by atoms with Crippen LogP contribution >= 0.6 is 0 Å². The molecular formula is C19H16N2O4S. The molecule has 6 nitrogen and oxygen atoms in total. The van der Waals surface area contributed by atoms with Crippen LogP contribution in [-0.4, -0.2) is 26.4 Å². The van der Waals surface area contributed by atoms with E-state index in [-0.39, 0.29) is 15.5 Å². The molecular weight excluding hydrogens is 352 g/mol. The van der Waals surface area contributed by atoms with Crippen LogP contribution in [0.4, 0.5) is 5.69 Å². The lowest BCUT2D eigenvalue weighted by Crippen LogP contribution is -2.13. The van der Waals surface area contributed by atoms with Gasteiger partial charge in [-0.2, -0.15) is 0 Å². The third-order valence-corrected chi connectivity index (χ3v) is 5.34. The van der Waals surface area contributed by atoms with Gasteiger partial charge in [-0.25, -0.2) is 13.4 Å². The average molecular weight is 368 g/mol. The number of benzene rings is 2. The predicted octanol–water partition coefficient (Wildman–Crippen LogP) is 3.18. The van der Waals surface area contributed by atoms with Crippen LogP contribution in [0.3, 0.4) is 0 Å². The molecule has 0 radical (unpaired) electrons. The zero-order valence-corrected chi connectivity index (χ0v) is 14.7. The van der Waals surface area contributed by atoms with E-state index in [1.54, 1.807) is 42.5 Å². The second-order valence-corrected chi connectivity index (χ2v) is 7.28. The molecule has 132 valence electrons. The number of anilines is 1. The maximum atomic E-state index is 12.5. The van der Waals surface area contributed by atoms with Gasteiger partial charge in [0.2, 0.25) is 9.84 Å². The van der Waals surface area contributed by atoms with Gasteiger partial charge in [-0.15, -0.1) is 0 Å². The fourth-order valence-electron chi connectivity index (χ4n) is 2.30. The highest BCUT2D eigenvalue weighted by atomic mass is 32.2. The summed E-state index contributed by atoms with van der Waals surface area (Å²) >= 11 is 0. The van der Waals surface area contributed by atoms with E-state index in [4.69, 9.17) is 4.74 Å². The highest BCUT2D eigenvalue weighted by molar-refractivity contribution is 7.91. The summed E-state index contributed by atoms with van der Waals surface area (Å²) in [7, 11) is -2.17. The summed E-state index contributed by atoms with van der Waals surface area (Å²) < 4.78 is 30.1. The number of amides is 1. The van der Waals surface area contributed by atoms with Gasteiger partial charge in [-0.05, 0) is 36.4 Å². The predicted molar refractivity (Wildman–Crippen MR) is 97.1 cm³/mol. The van der Waals surface area contributed by atoms with Crippen molar-refractivity contribution in [3.63, 3.8) is 0 Å². The number of hydrogen-bond donors (Lipinski definition) is 1.